The highest BCUT2D eigenvalue weighted by Gasteiger charge is 2.18. The number of fused-ring (bicyclic) bond motifs is 1. The third kappa shape index (κ3) is 2.60. The summed E-state index contributed by atoms with van der Waals surface area (Å²) >= 11 is 5.46. The summed E-state index contributed by atoms with van der Waals surface area (Å²) in [6, 6.07) is 6.06. The Hall–Kier alpha value is -1.33. The van der Waals surface area contributed by atoms with E-state index in [-0.39, 0.29) is 12.2 Å². The number of para-hydroxylation sites is 1. The van der Waals surface area contributed by atoms with Crippen molar-refractivity contribution in [2.75, 3.05) is 6.61 Å². The first-order valence-corrected chi connectivity index (χ1v) is 7.56. The summed E-state index contributed by atoms with van der Waals surface area (Å²) in [6.07, 6.45) is 2.66. The number of H-pyrrole nitrogens is 1. The van der Waals surface area contributed by atoms with Crippen LogP contribution in [0.1, 0.15) is 26.7 Å². The maximum absolute atomic E-state index is 5.84. The van der Waals surface area contributed by atoms with Crippen molar-refractivity contribution in [1.29, 1.82) is 0 Å². The molecule has 1 N–H and O–H groups in total. The Morgan fingerprint density at radius 2 is 2.35 bits per heavy atom. The minimum Gasteiger partial charge on any atom is -0.489 e. The van der Waals surface area contributed by atoms with Gasteiger partial charge >= 0.3 is 0 Å². The summed E-state index contributed by atoms with van der Waals surface area (Å²) in [5.74, 6) is 0.856. The molecule has 0 saturated carbocycles. The average Bonchev–Trinajstić information content (AvgIpc) is 3.00. The molecule has 0 bridgehead atoms. The molecule has 0 radical (unpaired) electrons. The lowest BCUT2D eigenvalue weighted by Crippen LogP contribution is -2.14. The van der Waals surface area contributed by atoms with E-state index in [1.165, 1.54) is 0 Å². The van der Waals surface area contributed by atoms with Crippen LogP contribution in [-0.2, 0) is 11.3 Å². The van der Waals surface area contributed by atoms with E-state index in [1.807, 2.05) is 26.0 Å². The SMILES string of the molecule is CC(C)Oc1cccc2c1[nH]c(=S)n2CC1CCCO1. The number of rotatable bonds is 4. The molecule has 20 heavy (non-hydrogen) atoms. The van der Waals surface area contributed by atoms with Gasteiger partial charge in [-0.2, -0.15) is 0 Å². The fraction of sp³-hybridized carbons (Fsp3) is 0.533. The summed E-state index contributed by atoms with van der Waals surface area (Å²) in [7, 11) is 0. The van der Waals surface area contributed by atoms with E-state index >= 15 is 0 Å². The smallest absolute Gasteiger partial charge is 0.178 e. The number of imidazole rings is 1. The van der Waals surface area contributed by atoms with Crippen molar-refractivity contribution < 1.29 is 9.47 Å². The largest absolute Gasteiger partial charge is 0.489 e. The number of nitrogens with one attached hydrogen (secondary N) is 1. The highest BCUT2D eigenvalue weighted by Crippen LogP contribution is 2.27. The lowest BCUT2D eigenvalue weighted by Gasteiger charge is -2.12. The van der Waals surface area contributed by atoms with Gasteiger partial charge in [0.05, 0.1) is 24.3 Å². The zero-order valence-electron chi connectivity index (χ0n) is 11.9. The highest BCUT2D eigenvalue weighted by molar-refractivity contribution is 7.71. The van der Waals surface area contributed by atoms with Gasteiger partial charge in [-0.1, -0.05) is 6.07 Å². The van der Waals surface area contributed by atoms with Crippen LogP contribution in [0.15, 0.2) is 18.2 Å². The third-order valence-corrected chi connectivity index (χ3v) is 3.87. The van der Waals surface area contributed by atoms with Crippen LogP contribution in [-0.4, -0.2) is 28.4 Å². The van der Waals surface area contributed by atoms with Crippen molar-refractivity contribution in [1.82, 2.24) is 9.55 Å². The van der Waals surface area contributed by atoms with Crippen molar-refractivity contribution in [2.24, 2.45) is 0 Å². The first kappa shape index (κ1) is 13.6. The molecule has 1 unspecified atom stereocenters. The van der Waals surface area contributed by atoms with Gasteiger partial charge in [-0.15, -0.1) is 0 Å². The lowest BCUT2D eigenvalue weighted by molar-refractivity contribution is 0.0976. The quantitative estimate of drug-likeness (QED) is 0.874. The van der Waals surface area contributed by atoms with Gasteiger partial charge in [0.1, 0.15) is 11.3 Å². The molecule has 1 aromatic carbocycles. The van der Waals surface area contributed by atoms with Crippen molar-refractivity contribution in [3.05, 3.63) is 23.0 Å². The van der Waals surface area contributed by atoms with Crippen LogP contribution in [0.4, 0.5) is 0 Å². The molecule has 1 aromatic heterocycles. The normalized spacial score (nSPS) is 19.1. The molecule has 1 aliphatic rings. The summed E-state index contributed by atoms with van der Waals surface area (Å²) in [6.45, 7) is 5.72. The standard InChI is InChI=1S/C15H20N2O2S/c1-10(2)19-13-7-3-6-12-14(13)16-15(20)17(12)9-11-5-4-8-18-11/h3,6-7,10-11H,4-5,8-9H2,1-2H3,(H,16,20). The molecule has 1 atom stereocenters. The number of ether oxygens (including phenoxy) is 2. The highest BCUT2D eigenvalue weighted by atomic mass is 32.1. The molecule has 1 aliphatic heterocycles. The second-order valence-corrected chi connectivity index (χ2v) is 5.88. The van der Waals surface area contributed by atoms with Gasteiger partial charge in [-0.05, 0) is 51.0 Å². The second-order valence-electron chi connectivity index (χ2n) is 5.49. The molecule has 0 aliphatic carbocycles. The minimum absolute atomic E-state index is 0.143. The van der Waals surface area contributed by atoms with Crippen LogP contribution >= 0.6 is 12.2 Å². The Balaban J connectivity index is 2.00. The van der Waals surface area contributed by atoms with Gasteiger partial charge in [0.2, 0.25) is 0 Å². The molecule has 0 spiro atoms. The van der Waals surface area contributed by atoms with Gasteiger partial charge in [0.15, 0.2) is 4.77 Å². The van der Waals surface area contributed by atoms with Crippen molar-refractivity contribution in [2.45, 2.75) is 45.4 Å². The number of hydrogen-bond acceptors (Lipinski definition) is 3. The first-order chi connectivity index (χ1) is 9.65. The Kier molecular flexibility index (Phi) is 3.81. The Labute approximate surface area is 123 Å². The molecular formula is C15H20N2O2S. The number of nitrogens with zero attached hydrogens (tertiary/aromatic N) is 1. The molecule has 5 heteroatoms. The summed E-state index contributed by atoms with van der Waals surface area (Å²) < 4.78 is 14.4. The maximum atomic E-state index is 5.84. The molecule has 1 fully saturated rings. The van der Waals surface area contributed by atoms with Crippen LogP contribution < -0.4 is 4.74 Å². The zero-order chi connectivity index (χ0) is 14.1. The summed E-state index contributed by atoms with van der Waals surface area (Å²) in [5.41, 5.74) is 2.06. The Bertz CT molecular complexity index is 653. The van der Waals surface area contributed by atoms with E-state index in [4.69, 9.17) is 21.7 Å². The van der Waals surface area contributed by atoms with Crippen LogP contribution in [0.5, 0.6) is 5.75 Å². The second kappa shape index (κ2) is 5.58. The van der Waals surface area contributed by atoms with Crippen LogP contribution in [0, 0.1) is 4.77 Å². The fourth-order valence-electron chi connectivity index (χ4n) is 2.68. The number of hydrogen-bond donors (Lipinski definition) is 1. The number of aromatic amines is 1. The van der Waals surface area contributed by atoms with Crippen LogP contribution in [0.3, 0.4) is 0 Å². The van der Waals surface area contributed by atoms with Crippen LogP contribution in [0.2, 0.25) is 0 Å². The topological polar surface area (TPSA) is 39.2 Å². The van der Waals surface area contributed by atoms with E-state index in [2.05, 4.69) is 15.6 Å². The van der Waals surface area contributed by atoms with Gasteiger partial charge < -0.3 is 19.0 Å². The third-order valence-electron chi connectivity index (χ3n) is 3.54. The lowest BCUT2D eigenvalue weighted by atomic mass is 10.2. The molecule has 0 amide bonds. The molecular weight excluding hydrogens is 272 g/mol. The van der Waals surface area contributed by atoms with Gasteiger partial charge in [0, 0.05) is 6.61 Å². The maximum Gasteiger partial charge on any atom is 0.178 e. The minimum atomic E-state index is 0.143. The average molecular weight is 292 g/mol. The molecule has 108 valence electrons. The fourth-order valence-corrected chi connectivity index (χ4v) is 2.95. The Morgan fingerprint density at radius 1 is 1.50 bits per heavy atom. The van der Waals surface area contributed by atoms with Crippen LogP contribution in [0.25, 0.3) is 11.0 Å². The molecule has 3 rings (SSSR count). The molecule has 4 nitrogen and oxygen atoms in total. The van der Waals surface area contributed by atoms with Gasteiger partial charge in [-0.25, -0.2) is 0 Å². The number of aromatic nitrogens is 2. The van der Waals surface area contributed by atoms with Crippen molar-refractivity contribution in [3.8, 4) is 5.75 Å². The summed E-state index contributed by atoms with van der Waals surface area (Å²) in [4.78, 5) is 3.27. The van der Waals surface area contributed by atoms with E-state index in [0.717, 1.165) is 47.5 Å². The van der Waals surface area contributed by atoms with E-state index < -0.39 is 0 Å². The van der Waals surface area contributed by atoms with Gasteiger partial charge in [0.25, 0.3) is 0 Å². The monoisotopic (exact) mass is 292 g/mol. The van der Waals surface area contributed by atoms with Gasteiger partial charge in [-0.3, -0.25) is 0 Å². The Morgan fingerprint density at radius 3 is 3.05 bits per heavy atom. The zero-order valence-corrected chi connectivity index (χ0v) is 12.7. The predicted molar refractivity (Wildman–Crippen MR) is 81.9 cm³/mol. The summed E-state index contributed by atoms with van der Waals surface area (Å²) in [5, 5.41) is 0. The van der Waals surface area contributed by atoms with Crippen molar-refractivity contribution in [3.63, 3.8) is 0 Å². The molecule has 2 aromatic rings. The first-order valence-electron chi connectivity index (χ1n) is 7.15. The van der Waals surface area contributed by atoms with Crippen molar-refractivity contribution >= 4 is 23.3 Å². The molecule has 1 saturated heterocycles. The predicted octanol–water partition coefficient (Wildman–Crippen LogP) is 3.67. The van der Waals surface area contributed by atoms with E-state index in [0.29, 0.717) is 0 Å². The molecule has 2 heterocycles. The van der Waals surface area contributed by atoms with E-state index in [9.17, 15) is 0 Å². The van der Waals surface area contributed by atoms with E-state index in [1.54, 1.807) is 0 Å². The number of benzene rings is 1.